The van der Waals surface area contributed by atoms with Crippen LogP contribution in [0.15, 0.2) is 24.3 Å². The Kier molecular flexibility index (Phi) is 6.03. The Hall–Kier alpha value is -1.79. The smallest absolute Gasteiger partial charge is 0.407 e. The van der Waals surface area contributed by atoms with E-state index in [9.17, 15) is 9.90 Å². The Morgan fingerprint density at radius 3 is 2.68 bits per heavy atom. The Bertz CT molecular complexity index is 476. The maximum atomic E-state index is 11.1. The summed E-state index contributed by atoms with van der Waals surface area (Å²) in [4.78, 5) is 11.1. The second-order valence-electron chi connectivity index (χ2n) is 5.33. The molecule has 1 aromatic carbocycles. The first-order chi connectivity index (χ1) is 10.6. The van der Waals surface area contributed by atoms with Crippen LogP contribution in [0, 0.1) is 0 Å². The number of methoxy groups -OCH3 is 1. The van der Waals surface area contributed by atoms with E-state index in [1.807, 2.05) is 31.2 Å². The highest BCUT2D eigenvalue weighted by Gasteiger charge is 2.34. The van der Waals surface area contributed by atoms with Gasteiger partial charge in [0.25, 0.3) is 0 Å². The largest absolute Gasteiger partial charge is 0.497 e. The van der Waals surface area contributed by atoms with Crippen molar-refractivity contribution in [3.63, 3.8) is 0 Å². The third-order valence-electron chi connectivity index (χ3n) is 3.69. The molecule has 1 aromatic rings. The van der Waals surface area contributed by atoms with Crippen molar-refractivity contribution in [1.82, 2.24) is 5.32 Å². The molecule has 6 heteroatoms. The number of aliphatic hydroxyl groups excluding tert-OH is 1. The van der Waals surface area contributed by atoms with Crippen LogP contribution in [0.2, 0.25) is 0 Å². The minimum absolute atomic E-state index is 0.173. The Balaban J connectivity index is 1.91. The van der Waals surface area contributed by atoms with Crippen LogP contribution in [-0.4, -0.2) is 43.2 Å². The predicted molar refractivity (Wildman–Crippen MR) is 80.8 cm³/mol. The standard InChI is InChI=1S/C16H23NO5/c1-3-4-14(15(18)13-10-22-16(19)17-13)21-9-11-5-7-12(20-2)8-6-11/h5-8,13-15,18H,3-4,9-10H2,1-2H3,(H,17,19)/t13-,14-,15-/m1/s1. The van der Waals surface area contributed by atoms with Gasteiger partial charge in [0, 0.05) is 0 Å². The lowest BCUT2D eigenvalue weighted by Crippen LogP contribution is -2.46. The van der Waals surface area contributed by atoms with Gasteiger partial charge in [-0.2, -0.15) is 0 Å². The van der Waals surface area contributed by atoms with Gasteiger partial charge in [-0.15, -0.1) is 0 Å². The van der Waals surface area contributed by atoms with Crippen LogP contribution in [0.25, 0.3) is 0 Å². The lowest BCUT2D eigenvalue weighted by molar-refractivity contribution is -0.0623. The van der Waals surface area contributed by atoms with E-state index in [0.29, 0.717) is 13.0 Å². The summed E-state index contributed by atoms with van der Waals surface area (Å²) in [6.45, 7) is 2.60. The fraction of sp³-hybridized carbons (Fsp3) is 0.562. The quantitative estimate of drug-likeness (QED) is 0.766. The highest BCUT2D eigenvalue weighted by molar-refractivity contribution is 5.69. The minimum Gasteiger partial charge on any atom is -0.497 e. The van der Waals surface area contributed by atoms with E-state index in [1.54, 1.807) is 7.11 Å². The molecule has 122 valence electrons. The molecule has 22 heavy (non-hydrogen) atoms. The van der Waals surface area contributed by atoms with E-state index >= 15 is 0 Å². The van der Waals surface area contributed by atoms with Gasteiger partial charge < -0.3 is 24.6 Å². The third-order valence-corrected chi connectivity index (χ3v) is 3.69. The van der Waals surface area contributed by atoms with Crippen LogP contribution in [0.4, 0.5) is 4.79 Å². The fourth-order valence-electron chi connectivity index (χ4n) is 2.41. The molecular weight excluding hydrogens is 286 g/mol. The number of hydrogen-bond acceptors (Lipinski definition) is 5. The molecule has 1 heterocycles. The first kappa shape index (κ1) is 16.6. The van der Waals surface area contributed by atoms with Crippen molar-refractivity contribution >= 4 is 6.09 Å². The van der Waals surface area contributed by atoms with Crippen LogP contribution in [0.3, 0.4) is 0 Å². The number of benzene rings is 1. The first-order valence-corrected chi connectivity index (χ1v) is 7.50. The summed E-state index contributed by atoms with van der Waals surface area (Å²) in [5.74, 6) is 0.791. The van der Waals surface area contributed by atoms with Crippen molar-refractivity contribution in [2.75, 3.05) is 13.7 Å². The number of alkyl carbamates (subject to hydrolysis) is 1. The molecule has 0 spiro atoms. The molecule has 6 nitrogen and oxygen atoms in total. The average molecular weight is 309 g/mol. The zero-order valence-corrected chi connectivity index (χ0v) is 13.0. The van der Waals surface area contributed by atoms with Crippen molar-refractivity contribution in [3.8, 4) is 5.75 Å². The lowest BCUT2D eigenvalue weighted by Gasteiger charge is -2.26. The zero-order valence-electron chi connectivity index (χ0n) is 13.0. The minimum atomic E-state index is -0.787. The van der Waals surface area contributed by atoms with Gasteiger partial charge in [-0.1, -0.05) is 25.5 Å². The van der Waals surface area contributed by atoms with Gasteiger partial charge in [-0.3, -0.25) is 0 Å². The molecule has 1 aliphatic heterocycles. The number of nitrogens with one attached hydrogen (secondary N) is 1. The summed E-state index contributed by atoms with van der Waals surface area (Å²) in [5, 5.41) is 13.0. The summed E-state index contributed by atoms with van der Waals surface area (Å²) in [6.07, 6.45) is -0.0339. The summed E-state index contributed by atoms with van der Waals surface area (Å²) < 4.78 is 15.8. The molecule has 1 fully saturated rings. The Morgan fingerprint density at radius 2 is 2.14 bits per heavy atom. The Labute approximate surface area is 130 Å². The van der Waals surface area contributed by atoms with E-state index in [0.717, 1.165) is 17.7 Å². The second-order valence-corrected chi connectivity index (χ2v) is 5.33. The van der Waals surface area contributed by atoms with Gasteiger partial charge in [0.05, 0.1) is 25.9 Å². The summed E-state index contributed by atoms with van der Waals surface area (Å²) in [7, 11) is 1.62. The molecule has 1 saturated heterocycles. The van der Waals surface area contributed by atoms with Gasteiger partial charge in [0.2, 0.25) is 0 Å². The number of carbonyl (C=O) groups excluding carboxylic acids is 1. The molecule has 2 N–H and O–H groups in total. The highest BCUT2D eigenvalue weighted by atomic mass is 16.6. The highest BCUT2D eigenvalue weighted by Crippen LogP contribution is 2.17. The van der Waals surface area contributed by atoms with E-state index in [4.69, 9.17) is 14.2 Å². The Morgan fingerprint density at radius 1 is 1.41 bits per heavy atom. The van der Waals surface area contributed by atoms with E-state index in [1.165, 1.54) is 0 Å². The van der Waals surface area contributed by atoms with Crippen LogP contribution in [-0.2, 0) is 16.1 Å². The number of rotatable bonds is 8. The number of carbonyl (C=O) groups is 1. The van der Waals surface area contributed by atoms with Crippen molar-refractivity contribution in [2.45, 2.75) is 44.6 Å². The summed E-state index contributed by atoms with van der Waals surface area (Å²) in [5.41, 5.74) is 1.00. The van der Waals surface area contributed by atoms with E-state index in [2.05, 4.69) is 5.32 Å². The van der Waals surface area contributed by atoms with Gasteiger partial charge in [0.15, 0.2) is 0 Å². The number of aliphatic hydroxyl groups is 1. The molecule has 0 aliphatic carbocycles. The number of cyclic esters (lactones) is 1. The number of amides is 1. The van der Waals surface area contributed by atoms with Gasteiger partial charge in [-0.25, -0.2) is 4.79 Å². The maximum Gasteiger partial charge on any atom is 0.407 e. The molecule has 1 aliphatic rings. The summed E-state index contributed by atoms with van der Waals surface area (Å²) >= 11 is 0. The molecule has 0 bridgehead atoms. The van der Waals surface area contributed by atoms with Crippen LogP contribution in [0.1, 0.15) is 25.3 Å². The maximum absolute atomic E-state index is 11.1. The SMILES string of the molecule is CCC[C@@H](OCc1ccc(OC)cc1)[C@H](O)[C@H]1COC(=O)N1. The fourth-order valence-corrected chi connectivity index (χ4v) is 2.41. The van der Waals surface area contributed by atoms with Crippen molar-refractivity contribution in [1.29, 1.82) is 0 Å². The molecule has 0 unspecified atom stereocenters. The zero-order chi connectivity index (χ0) is 15.9. The third kappa shape index (κ3) is 4.35. The molecule has 0 radical (unpaired) electrons. The van der Waals surface area contributed by atoms with Crippen LogP contribution in [0.5, 0.6) is 5.75 Å². The van der Waals surface area contributed by atoms with E-state index < -0.39 is 18.2 Å². The van der Waals surface area contributed by atoms with E-state index in [-0.39, 0.29) is 12.7 Å². The van der Waals surface area contributed by atoms with Gasteiger partial charge in [-0.05, 0) is 24.1 Å². The monoisotopic (exact) mass is 309 g/mol. The van der Waals surface area contributed by atoms with Crippen LogP contribution < -0.4 is 10.1 Å². The normalized spacial score (nSPS) is 20.1. The average Bonchev–Trinajstić information content (AvgIpc) is 2.98. The molecule has 1 amide bonds. The first-order valence-electron chi connectivity index (χ1n) is 7.50. The van der Waals surface area contributed by atoms with Crippen LogP contribution >= 0.6 is 0 Å². The molecular formula is C16H23NO5. The molecule has 0 aromatic heterocycles. The number of hydrogen-bond donors (Lipinski definition) is 2. The van der Waals surface area contributed by atoms with Crippen molar-refractivity contribution in [2.24, 2.45) is 0 Å². The van der Waals surface area contributed by atoms with Gasteiger partial charge in [0.1, 0.15) is 18.5 Å². The van der Waals surface area contributed by atoms with Crippen molar-refractivity contribution in [3.05, 3.63) is 29.8 Å². The molecule has 2 rings (SSSR count). The van der Waals surface area contributed by atoms with Crippen molar-refractivity contribution < 1.29 is 24.1 Å². The number of ether oxygens (including phenoxy) is 3. The summed E-state index contributed by atoms with van der Waals surface area (Å²) in [6, 6.07) is 7.17. The lowest BCUT2D eigenvalue weighted by atomic mass is 10.0. The topological polar surface area (TPSA) is 77.0 Å². The van der Waals surface area contributed by atoms with Gasteiger partial charge >= 0.3 is 6.09 Å². The molecule has 3 atom stereocenters. The molecule has 0 saturated carbocycles. The predicted octanol–water partition coefficient (Wildman–Crippen LogP) is 1.85. The second kappa shape index (κ2) is 8.00.